The monoisotopic (exact) mass is 276 g/mol. The van der Waals surface area contributed by atoms with Gasteiger partial charge in [-0.1, -0.05) is 0 Å². The molecule has 9 heteroatoms. The standard InChI is InChI=1S/C9H9F5O4/c1-8(6(15)17-2,7(16)18-3)4(10)5(11)9(12,13)14/h1-3H3/b5-4+. The van der Waals surface area contributed by atoms with Crippen LogP contribution in [0.4, 0.5) is 22.0 Å². The van der Waals surface area contributed by atoms with E-state index in [4.69, 9.17) is 0 Å². The summed E-state index contributed by atoms with van der Waals surface area (Å²) < 4.78 is 70.1. The van der Waals surface area contributed by atoms with Crippen molar-refractivity contribution in [2.75, 3.05) is 14.2 Å². The zero-order chi connectivity index (χ0) is 14.7. The average Bonchev–Trinajstić information content (AvgIpc) is 2.32. The SMILES string of the molecule is COC(=O)C(C)(C(=O)OC)/C(F)=C(\F)C(F)(F)F. The lowest BCUT2D eigenvalue weighted by atomic mass is 9.88. The molecule has 4 nitrogen and oxygen atoms in total. The summed E-state index contributed by atoms with van der Waals surface area (Å²) in [4.78, 5) is 22.4. The molecule has 0 amide bonds. The topological polar surface area (TPSA) is 52.6 Å². The van der Waals surface area contributed by atoms with E-state index in [1.165, 1.54) is 0 Å². The minimum absolute atomic E-state index is 0.422. The molecule has 0 aliphatic heterocycles. The molecule has 0 spiro atoms. The normalized spacial score (nSPS) is 13.8. The average molecular weight is 276 g/mol. The molecule has 0 unspecified atom stereocenters. The van der Waals surface area contributed by atoms with Crippen molar-refractivity contribution in [3.05, 3.63) is 11.7 Å². The van der Waals surface area contributed by atoms with Crippen LogP contribution in [0.3, 0.4) is 0 Å². The highest BCUT2D eigenvalue weighted by Crippen LogP contribution is 2.39. The highest BCUT2D eigenvalue weighted by molar-refractivity contribution is 6.02. The number of rotatable bonds is 3. The van der Waals surface area contributed by atoms with E-state index in [1.807, 2.05) is 0 Å². The van der Waals surface area contributed by atoms with Crippen LogP contribution < -0.4 is 0 Å². The molecular formula is C9H9F5O4. The van der Waals surface area contributed by atoms with Crippen molar-refractivity contribution in [3.63, 3.8) is 0 Å². The van der Waals surface area contributed by atoms with Crippen LogP contribution in [-0.4, -0.2) is 32.3 Å². The Kier molecular flexibility index (Phi) is 4.82. The van der Waals surface area contributed by atoms with Gasteiger partial charge in [-0.05, 0) is 6.92 Å². The summed E-state index contributed by atoms with van der Waals surface area (Å²) in [6, 6.07) is 0. The molecule has 0 aliphatic rings. The van der Waals surface area contributed by atoms with Gasteiger partial charge in [0, 0.05) is 0 Å². The Morgan fingerprint density at radius 1 is 0.889 bits per heavy atom. The molecule has 0 rings (SSSR count). The molecule has 0 atom stereocenters. The number of hydrogen-bond donors (Lipinski definition) is 0. The van der Waals surface area contributed by atoms with Crippen molar-refractivity contribution in [1.29, 1.82) is 0 Å². The fourth-order valence-corrected chi connectivity index (χ4v) is 1.01. The van der Waals surface area contributed by atoms with E-state index in [0.717, 1.165) is 0 Å². The number of esters is 2. The fourth-order valence-electron chi connectivity index (χ4n) is 1.01. The van der Waals surface area contributed by atoms with Gasteiger partial charge in [-0.3, -0.25) is 9.59 Å². The smallest absolute Gasteiger partial charge is 0.445 e. The number of halogens is 5. The quantitative estimate of drug-likeness (QED) is 0.450. The number of hydrogen-bond acceptors (Lipinski definition) is 4. The summed E-state index contributed by atoms with van der Waals surface area (Å²) in [5.74, 6) is -9.24. The summed E-state index contributed by atoms with van der Waals surface area (Å²) in [6.45, 7) is 0.422. The van der Waals surface area contributed by atoms with Crippen molar-refractivity contribution in [1.82, 2.24) is 0 Å². The predicted molar refractivity (Wildman–Crippen MR) is 47.4 cm³/mol. The summed E-state index contributed by atoms with van der Waals surface area (Å²) in [5, 5.41) is 0. The van der Waals surface area contributed by atoms with E-state index >= 15 is 0 Å². The van der Waals surface area contributed by atoms with Gasteiger partial charge >= 0.3 is 18.1 Å². The molecule has 0 aliphatic carbocycles. The Balaban J connectivity index is 5.92. The largest absolute Gasteiger partial charge is 0.468 e. The Morgan fingerprint density at radius 2 is 1.22 bits per heavy atom. The Morgan fingerprint density at radius 3 is 1.44 bits per heavy atom. The number of allylic oxidation sites excluding steroid dienone is 1. The van der Waals surface area contributed by atoms with Gasteiger partial charge in [0.25, 0.3) is 0 Å². The Bertz CT molecular complexity index is 369. The molecule has 104 valence electrons. The second-order valence-corrected chi connectivity index (χ2v) is 3.23. The zero-order valence-electron chi connectivity index (χ0n) is 9.52. The van der Waals surface area contributed by atoms with Crippen molar-refractivity contribution >= 4 is 11.9 Å². The van der Waals surface area contributed by atoms with E-state index in [1.54, 1.807) is 0 Å². The maximum Gasteiger partial charge on any atom is 0.445 e. The van der Waals surface area contributed by atoms with Gasteiger partial charge in [0.05, 0.1) is 14.2 Å². The highest BCUT2D eigenvalue weighted by Gasteiger charge is 2.54. The van der Waals surface area contributed by atoms with E-state index < -0.39 is 35.2 Å². The maximum atomic E-state index is 13.4. The Labute approximate surface area is 98.3 Å². The third-order valence-electron chi connectivity index (χ3n) is 2.07. The molecule has 0 saturated carbocycles. The summed E-state index contributed by atoms with van der Waals surface area (Å²) >= 11 is 0. The van der Waals surface area contributed by atoms with Crippen LogP contribution in [0.2, 0.25) is 0 Å². The van der Waals surface area contributed by atoms with Crippen molar-refractivity contribution in [2.24, 2.45) is 5.41 Å². The minimum Gasteiger partial charge on any atom is -0.468 e. The summed E-state index contributed by atoms with van der Waals surface area (Å²) in [7, 11) is 1.39. The Hall–Kier alpha value is -1.67. The summed E-state index contributed by atoms with van der Waals surface area (Å²) in [5.41, 5.74) is -3.15. The molecule has 0 bridgehead atoms. The van der Waals surface area contributed by atoms with Crippen LogP contribution in [0, 0.1) is 5.41 Å². The fraction of sp³-hybridized carbons (Fsp3) is 0.556. The molecule has 0 heterocycles. The number of ether oxygens (including phenoxy) is 2. The predicted octanol–water partition coefficient (Wildman–Crippen LogP) is 2.05. The molecule has 0 N–H and O–H groups in total. The molecule has 18 heavy (non-hydrogen) atoms. The van der Waals surface area contributed by atoms with Crippen LogP contribution in [0.15, 0.2) is 11.7 Å². The lowest BCUT2D eigenvalue weighted by Crippen LogP contribution is -2.40. The van der Waals surface area contributed by atoms with Crippen LogP contribution in [-0.2, 0) is 19.1 Å². The first kappa shape index (κ1) is 16.3. The van der Waals surface area contributed by atoms with E-state index in [2.05, 4.69) is 9.47 Å². The van der Waals surface area contributed by atoms with Gasteiger partial charge in [0.15, 0.2) is 5.83 Å². The van der Waals surface area contributed by atoms with Crippen LogP contribution >= 0.6 is 0 Å². The molecule has 0 saturated heterocycles. The van der Waals surface area contributed by atoms with Crippen molar-refractivity contribution in [3.8, 4) is 0 Å². The number of methoxy groups -OCH3 is 2. The molecule has 0 aromatic rings. The van der Waals surface area contributed by atoms with Gasteiger partial charge in [-0.25, -0.2) is 4.39 Å². The van der Waals surface area contributed by atoms with Crippen LogP contribution in [0.25, 0.3) is 0 Å². The van der Waals surface area contributed by atoms with Crippen LogP contribution in [0.1, 0.15) is 6.92 Å². The number of carbonyl (C=O) groups excluding carboxylic acids is 2. The first-order valence-electron chi connectivity index (χ1n) is 4.33. The van der Waals surface area contributed by atoms with Crippen molar-refractivity contribution < 1.29 is 41.0 Å². The van der Waals surface area contributed by atoms with Gasteiger partial charge in [0.1, 0.15) is 0 Å². The van der Waals surface area contributed by atoms with Crippen LogP contribution in [0.5, 0.6) is 0 Å². The molecular weight excluding hydrogens is 267 g/mol. The van der Waals surface area contributed by atoms with E-state index in [0.29, 0.717) is 21.1 Å². The van der Waals surface area contributed by atoms with Crippen molar-refractivity contribution in [2.45, 2.75) is 13.1 Å². The maximum absolute atomic E-state index is 13.4. The third-order valence-corrected chi connectivity index (χ3v) is 2.07. The second kappa shape index (κ2) is 5.32. The zero-order valence-corrected chi connectivity index (χ0v) is 9.52. The number of alkyl halides is 3. The number of carbonyl (C=O) groups is 2. The summed E-state index contributed by atoms with van der Waals surface area (Å²) in [6.07, 6.45) is -5.67. The lowest BCUT2D eigenvalue weighted by Gasteiger charge is -2.22. The van der Waals surface area contributed by atoms with Gasteiger partial charge < -0.3 is 9.47 Å². The molecule has 0 radical (unpaired) electrons. The molecule has 0 aromatic heterocycles. The van der Waals surface area contributed by atoms with Gasteiger partial charge in [-0.2, -0.15) is 17.6 Å². The van der Waals surface area contributed by atoms with Gasteiger partial charge in [-0.15, -0.1) is 0 Å². The first-order chi connectivity index (χ1) is 8.03. The highest BCUT2D eigenvalue weighted by atomic mass is 19.4. The molecule has 0 aromatic carbocycles. The minimum atomic E-state index is -5.67. The lowest BCUT2D eigenvalue weighted by molar-refractivity contribution is -0.166. The first-order valence-corrected chi connectivity index (χ1v) is 4.33. The van der Waals surface area contributed by atoms with Gasteiger partial charge in [0.2, 0.25) is 11.2 Å². The van der Waals surface area contributed by atoms with E-state index in [9.17, 15) is 31.5 Å². The molecule has 0 fully saturated rings. The van der Waals surface area contributed by atoms with E-state index in [-0.39, 0.29) is 0 Å². The second-order valence-electron chi connectivity index (χ2n) is 3.23. The third kappa shape index (κ3) is 2.77.